The molecular formula is C14H17F3O3. The minimum Gasteiger partial charge on any atom is -0.497 e. The largest absolute Gasteiger partial charge is 0.497 e. The molecule has 0 aliphatic heterocycles. The predicted octanol–water partition coefficient (Wildman–Crippen LogP) is 2.71. The molecule has 20 heavy (non-hydrogen) atoms. The lowest BCUT2D eigenvalue weighted by Crippen LogP contribution is -2.36. The molecule has 0 bridgehead atoms. The minimum absolute atomic E-state index is 0.114. The third kappa shape index (κ3) is 3.72. The van der Waals surface area contributed by atoms with Crippen LogP contribution in [0.2, 0.25) is 0 Å². The summed E-state index contributed by atoms with van der Waals surface area (Å²) in [6.07, 6.45) is -5.22. The molecule has 0 amide bonds. The van der Waals surface area contributed by atoms with E-state index in [1.165, 1.54) is 14.0 Å². The molecule has 1 aromatic rings. The number of benzene rings is 1. The van der Waals surface area contributed by atoms with Gasteiger partial charge in [-0.3, -0.25) is 0 Å². The zero-order valence-corrected chi connectivity index (χ0v) is 11.3. The Balaban J connectivity index is 3.03. The zero-order chi connectivity index (χ0) is 15.4. The van der Waals surface area contributed by atoms with Gasteiger partial charge in [0.1, 0.15) is 18.0 Å². The van der Waals surface area contributed by atoms with Crippen LogP contribution in [0.25, 0.3) is 0 Å². The minimum atomic E-state index is -4.61. The Morgan fingerprint density at radius 2 is 1.85 bits per heavy atom. The van der Waals surface area contributed by atoms with Crippen molar-refractivity contribution in [3.63, 3.8) is 0 Å². The van der Waals surface area contributed by atoms with Gasteiger partial charge in [0, 0.05) is 5.41 Å². The standard InChI is InChI=1S/C14H17F3O3/c1-13(9-19,7-11(8-18)14(15,16)17)10-3-5-12(20-2)6-4-10/h3-6,8,11,19H,7,9H2,1-2H3. The van der Waals surface area contributed by atoms with Gasteiger partial charge >= 0.3 is 6.18 Å². The summed E-state index contributed by atoms with van der Waals surface area (Å²) in [5, 5.41) is 9.46. The SMILES string of the molecule is COc1ccc(C(C)(CO)CC(C=O)C(F)(F)F)cc1. The summed E-state index contributed by atoms with van der Waals surface area (Å²) in [6, 6.07) is 6.39. The molecule has 1 rings (SSSR count). The van der Waals surface area contributed by atoms with E-state index < -0.39 is 30.5 Å². The van der Waals surface area contributed by atoms with E-state index in [9.17, 15) is 23.1 Å². The molecule has 0 aliphatic rings. The fourth-order valence-electron chi connectivity index (χ4n) is 1.99. The maximum absolute atomic E-state index is 12.7. The molecule has 112 valence electrons. The summed E-state index contributed by atoms with van der Waals surface area (Å²) in [5.41, 5.74) is -0.621. The van der Waals surface area contributed by atoms with E-state index in [0.29, 0.717) is 11.3 Å². The molecule has 0 aliphatic carbocycles. The van der Waals surface area contributed by atoms with Crippen molar-refractivity contribution in [2.75, 3.05) is 13.7 Å². The van der Waals surface area contributed by atoms with Crippen molar-refractivity contribution in [3.8, 4) is 5.75 Å². The van der Waals surface area contributed by atoms with Crippen LogP contribution in [-0.4, -0.2) is 31.3 Å². The first-order chi connectivity index (χ1) is 9.26. The summed E-state index contributed by atoms with van der Waals surface area (Å²) in [6.45, 7) is 1.01. The third-order valence-corrected chi connectivity index (χ3v) is 3.39. The van der Waals surface area contributed by atoms with Crippen molar-refractivity contribution in [3.05, 3.63) is 29.8 Å². The average Bonchev–Trinajstić information content (AvgIpc) is 2.43. The highest BCUT2D eigenvalue weighted by Crippen LogP contribution is 2.37. The van der Waals surface area contributed by atoms with Crippen LogP contribution >= 0.6 is 0 Å². The number of carbonyl (C=O) groups excluding carboxylic acids is 1. The van der Waals surface area contributed by atoms with Crippen LogP contribution in [0.4, 0.5) is 13.2 Å². The monoisotopic (exact) mass is 290 g/mol. The van der Waals surface area contributed by atoms with Gasteiger partial charge in [-0.25, -0.2) is 0 Å². The predicted molar refractivity (Wildman–Crippen MR) is 67.7 cm³/mol. The molecule has 1 N–H and O–H groups in total. The van der Waals surface area contributed by atoms with Gasteiger partial charge in [-0.05, 0) is 24.1 Å². The smallest absolute Gasteiger partial charge is 0.398 e. The van der Waals surface area contributed by atoms with Crippen molar-refractivity contribution in [2.24, 2.45) is 5.92 Å². The molecule has 2 atom stereocenters. The number of rotatable bonds is 6. The van der Waals surface area contributed by atoms with Gasteiger partial charge in [-0.1, -0.05) is 19.1 Å². The fraction of sp³-hybridized carbons (Fsp3) is 0.500. The molecular weight excluding hydrogens is 273 g/mol. The van der Waals surface area contributed by atoms with Gasteiger partial charge in [0.05, 0.1) is 13.7 Å². The summed E-state index contributed by atoms with van der Waals surface area (Å²) in [7, 11) is 1.48. The van der Waals surface area contributed by atoms with Gasteiger partial charge in [-0.2, -0.15) is 13.2 Å². The molecule has 0 fully saturated rings. The molecule has 3 nitrogen and oxygen atoms in total. The Morgan fingerprint density at radius 3 is 2.20 bits per heavy atom. The Morgan fingerprint density at radius 1 is 1.30 bits per heavy atom. The molecule has 0 saturated carbocycles. The van der Waals surface area contributed by atoms with E-state index in [1.54, 1.807) is 24.3 Å². The van der Waals surface area contributed by atoms with Crippen LogP contribution < -0.4 is 4.74 Å². The van der Waals surface area contributed by atoms with Gasteiger partial charge in [0.15, 0.2) is 0 Å². The van der Waals surface area contributed by atoms with Crippen LogP contribution in [0.3, 0.4) is 0 Å². The fourth-order valence-corrected chi connectivity index (χ4v) is 1.99. The number of hydrogen-bond acceptors (Lipinski definition) is 3. The maximum Gasteiger partial charge on any atom is 0.398 e. The highest BCUT2D eigenvalue weighted by Gasteiger charge is 2.44. The number of aliphatic hydroxyl groups is 1. The molecule has 0 saturated heterocycles. The Hall–Kier alpha value is -1.56. The summed E-state index contributed by atoms with van der Waals surface area (Å²) < 4.78 is 43.0. The Labute approximate surface area is 115 Å². The van der Waals surface area contributed by atoms with E-state index in [2.05, 4.69) is 0 Å². The first kappa shape index (κ1) is 16.5. The summed E-state index contributed by atoms with van der Waals surface area (Å²) >= 11 is 0. The van der Waals surface area contributed by atoms with Gasteiger partial charge in [0.25, 0.3) is 0 Å². The van der Waals surface area contributed by atoms with Gasteiger partial charge in [0.2, 0.25) is 0 Å². The first-order valence-corrected chi connectivity index (χ1v) is 6.04. The molecule has 0 radical (unpaired) electrons. The van der Waals surface area contributed by atoms with E-state index >= 15 is 0 Å². The number of aliphatic hydroxyl groups excluding tert-OH is 1. The Bertz CT molecular complexity index is 442. The van der Waals surface area contributed by atoms with Crippen molar-refractivity contribution in [2.45, 2.75) is 24.9 Å². The first-order valence-electron chi connectivity index (χ1n) is 6.04. The topological polar surface area (TPSA) is 46.5 Å². The molecule has 0 aromatic heterocycles. The number of alkyl halides is 3. The summed E-state index contributed by atoms with van der Waals surface area (Å²) in [5.74, 6) is -1.53. The highest BCUT2D eigenvalue weighted by molar-refractivity contribution is 5.55. The van der Waals surface area contributed by atoms with E-state index in [1.807, 2.05) is 0 Å². The number of aldehydes is 1. The molecule has 0 spiro atoms. The number of hydrogen-bond donors (Lipinski definition) is 1. The average molecular weight is 290 g/mol. The number of halogens is 3. The highest BCUT2D eigenvalue weighted by atomic mass is 19.4. The molecule has 2 unspecified atom stereocenters. The lowest BCUT2D eigenvalue weighted by molar-refractivity contribution is -0.179. The Kier molecular flexibility index (Phi) is 5.16. The van der Waals surface area contributed by atoms with E-state index in [4.69, 9.17) is 4.74 Å². The molecule has 1 aromatic carbocycles. The lowest BCUT2D eigenvalue weighted by Gasteiger charge is -2.31. The van der Waals surface area contributed by atoms with E-state index in [0.717, 1.165) is 0 Å². The molecule has 6 heteroatoms. The van der Waals surface area contributed by atoms with Crippen LogP contribution in [0, 0.1) is 5.92 Å². The van der Waals surface area contributed by atoms with Crippen molar-refractivity contribution >= 4 is 6.29 Å². The lowest BCUT2D eigenvalue weighted by atomic mass is 9.76. The van der Waals surface area contributed by atoms with E-state index in [-0.39, 0.29) is 6.29 Å². The second-order valence-electron chi connectivity index (χ2n) is 4.94. The van der Waals surface area contributed by atoms with Crippen LogP contribution in [0.5, 0.6) is 5.75 Å². The number of methoxy groups -OCH3 is 1. The van der Waals surface area contributed by atoms with Gasteiger partial charge < -0.3 is 14.6 Å². The number of ether oxygens (including phenoxy) is 1. The van der Waals surface area contributed by atoms with Crippen LogP contribution in [-0.2, 0) is 10.2 Å². The van der Waals surface area contributed by atoms with Crippen molar-refractivity contribution in [1.29, 1.82) is 0 Å². The second kappa shape index (κ2) is 6.26. The molecule has 0 heterocycles. The maximum atomic E-state index is 12.7. The normalized spacial score (nSPS) is 16.3. The van der Waals surface area contributed by atoms with Crippen molar-refractivity contribution < 1.29 is 27.8 Å². The second-order valence-corrected chi connectivity index (χ2v) is 4.94. The summed E-state index contributed by atoms with van der Waals surface area (Å²) in [4.78, 5) is 10.7. The number of carbonyl (C=O) groups is 1. The van der Waals surface area contributed by atoms with Gasteiger partial charge in [-0.15, -0.1) is 0 Å². The van der Waals surface area contributed by atoms with Crippen molar-refractivity contribution in [1.82, 2.24) is 0 Å². The zero-order valence-electron chi connectivity index (χ0n) is 11.3. The van der Waals surface area contributed by atoms with Crippen LogP contribution in [0.15, 0.2) is 24.3 Å². The third-order valence-electron chi connectivity index (χ3n) is 3.39. The van der Waals surface area contributed by atoms with Crippen LogP contribution in [0.1, 0.15) is 18.9 Å². The quantitative estimate of drug-likeness (QED) is 0.819.